The average molecular weight is 566 g/mol. The first-order valence-electron chi connectivity index (χ1n) is 11.9. The quantitative estimate of drug-likeness (QED) is 0.457. The maximum Gasteiger partial charge on any atom is 0.308 e. The van der Waals surface area contributed by atoms with E-state index in [4.69, 9.17) is 9.47 Å². The molecule has 2 aromatic carbocycles. The zero-order valence-corrected chi connectivity index (χ0v) is 23.1. The topological polar surface area (TPSA) is 76.1 Å². The molecule has 0 saturated carbocycles. The summed E-state index contributed by atoms with van der Waals surface area (Å²) in [6.45, 7) is 8.82. The number of fused-ring (bicyclic) bond motifs is 3. The largest absolute Gasteiger partial charge is 0.460 e. The molecule has 0 N–H and O–H groups in total. The number of sulfonamides is 1. The number of rotatable bonds is 6. The Morgan fingerprint density at radius 1 is 1.14 bits per heavy atom. The molecule has 2 aromatic rings. The van der Waals surface area contributed by atoms with Gasteiger partial charge in [-0.05, 0) is 76.4 Å². The standard InChI is InChI=1S/C26H33BrN2O5S/c1-18-6-5-7-22(14-18)35(31,32)29-17-20-16-21(33-13-11-25(30)34-26(2,3)4)10-12-28(20)23-9-8-19(27)15-24(23)29/h5-9,14-15,20-21H,10-13,16-17H2,1-4H3/t20-,21?/m0/s1. The van der Waals surface area contributed by atoms with Gasteiger partial charge in [0.25, 0.3) is 10.0 Å². The molecular formula is C26H33BrN2O5S. The number of hydrogen-bond acceptors (Lipinski definition) is 6. The molecule has 1 saturated heterocycles. The van der Waals surface area contributed by atoms with Crippen molar-refractivity contribution < 1.29 is 22.7 Å². The first kappa shape index (κ1) is 26.0. The highest BCUT2D eigenvalue weighted by Crippen LogP contribution is 2.43. The summed E-state index contributed by atoms with van der Waals surface area (Å²) in [6, 6.07) is 12.8. The van der Waals surface area contributed by atoms with E-state index < -0.39 is 15.6 Å². The Labute approximate surface area is 216 Å². The Morgan fingerprint density at radius 3 is 2.63 bits per heavy atom. The maximum absolute atomic E-state index is 13.7. The highest BCUT2D eigenvalue weighted by Gasteiger charge is 2.40. The van der Waals surface area contributed by atoms with Crippen LogP contribution in [0.4, 0.5) is 11.4 Å². The molecule has 0 bridgehead atoms. The summed E-state index contributed by atoms with van der Waals surface area (Å²) < 4.78 is 41.2. The number of nitrogens with zero attached hydrogens (tertiary/aromatic N) is 2. The monoisotopic (exact) mass is 564 g/mol. The number of benzene rings is 2. The summed E-state index contributed by atoms with van der Waals surface area (Å²) in [4.78, 5) is 14.6. The Morgan fingerprint density at radius 2 is 1.91 bits per heavy atom. The van der Waals surface area contributed by atoms with Gasteiger partial charge in [0.2, 0.25) is 0 Å². The molecule has 4 rings (SSSR count). The molecule has 35 heavy (non-hydrogen) atoms. The summed E-state index contributed by atoms with van der Waals surface area (Å²) in [5.41, 5.74) is 1.98. The summed E-state index contributed by atoms with van der Waals surface area (Å²) in [6.07, 6.45) is 1.65. The molecule has 1 fully saturated rings. The van der Waals surface area contributed by atoms with E-state index in [1.54, 1.807) is 18.2 Å². The van der Waals surface area contributed by atoms with Crippen molar-refractivity contribution in [3.05, 3.63) is 52.5 Å². The second-order valence-corrected chi connectivity index (χ2v) is 13.0. The van der Waals surface area contributed by atoms with E-state index in [2.05, 4.69) is 20.8 Å². The van der Waals surface area contributed by atoms with Crippen molar-refractivity contribution >= 4 is 43.3 Å². The van der Waals surface area contributed by atoms with E-state index >= 15 is 0 Å². The number of carbonyl (C=O) groups is 1. The number of halogens is 1. The van der Waals surface area contributed by atoms with Crippen LogP contribution >= 0.6 is 15.9 Å². The second kappa shape index (κ2) is 10.1. The Bertz CT molecular complexity index is 1190. The molecule has 0 spiro atoms. The Hall–Kier alpha value is -2.10. The van der Waals surface area contributed by atoms with Crippen molar-refractivity contribution in [3.63, 3.8) is 0 Å². The molecule has 9 heteroatoms. The van der Waals surface area contributed by atoms with Gasteiger partial charge in [0.05, 0.1) is 48.0 Å². The lowest BCUT2D eigenvalue weighted by atomic mass is 9.96. The van der Waals surface area contributed by atoms with Gasteiger partial charge >= 0.3 is 5.97 Å². The third-order valence-corrected chi connectivity index (χ3v) is 8.49. The first-order valence-corrected chi connectivity index (χ1v) is 14.2. The molecule has 2 heterocycles. The van der Waals surface area contributed by atoms with Crippen LogP contribution in [0.25, 0.3) is 0 Å². The molecular weight excluding hydrogens is 532 g/mol. The Kier molecular flexibility index (Phi) is 7.50. The van der Waals surface area contributed by atoms with Crippen LogP contribution in [0, 0.1) is 6.92 Å². The van der Waals surface area contributed by atoms with Crippen LogP contribution in [0.2, 0.25) is 0 Å². The van der Waals surface area contributed by atoms with Gasteiger partial charge in [-0.1, -0.05) is 28.1 Å². The van der Waals surface area contributed by atoms with E-state index in [9.17, 15) is 13.2 Å². The second-order valence-electron chi connectivity index (χ2n) is 10.2. The van der Waals surface area contributed by atoms with Crippen molar-refractivity contribution in [1.82, 2.24) is 0 Å². The molecule has 0 aliphatic carbocycles. The van der Waals surface area contributed by atoms with Crippen molar-refractivity contribution in [2.24, 2.45) is 0 Å². The average Bonchev–Trinajstić information content (AvgIpc) is 2.77. The molecule has 0 radical (unpaired) electrons. The zero-order chi connectivity index (χ0) is 25.4. The molecule has 2 aliphatic rings. The highest BCUT2D eigenvalue weighted by molar-refractivity contribution is 9.10. The van der Waals surface area contributed by atoms with Crippen LogP contribution in [0.1, 0.15) is 45.6 Å². The summed E-state index contributed by atoms with van der Waals surface area (Å²) >= 11 is 3.51. The predicted molar refractivity (Wildman–Crippen MR) is 140 cm³/mol. The fraction of sp³-hybridized carbons (Fsp3) is 0.500. The number of piperidine rings is 1. The van der Waals surface area contributed by atoms with Gasteiger partial charge in [-0.2, -0.15) is 0 Å². The number of carbonyl (C=O) groups excluding carboxylic acids is 1. The highest BCUT2D eigenvalue weighted by atomic mass is 79.9. The number of aryl methyl sites for hydroxylation is 1. The van der Waals surface area contributed by atoms with Gasteiger partial charge < -0.3 is 14.4 Å². The maximum atomic E-state index is 13.7. The van der Waals surface area contributed by atoms with E-state index in [0.29, 0.717) is 25.3 Å². The van der Waals surface area contributed by atoms with E-state index in [1.807, 2.05) is 52.0 Å². The SMILES string of the molecule is Cc1cccc(S(=O)(=O)N2C[C@@H]3CC(OCCC(=O)OC(C)(C)C)CCN3c3ccc(Br)cc32)c1. The molecule has 1 unspecified atom stereocenters. The Balaban J connectivity index is 1.52. The van der Waals surface area contributed by atoms with Gasteiger partial charge in [-0.3, -0.25) is 9.10 Å². The summed E-state index contributed by atoms with van der Waals surface area (Å²) in [7, 11) is -3.74. The van der Waals surface area contributed by atoms with Gasteiger partial charge in [0.1, 0.15) is 5.60 Å². The minimum atomic E-state index is -3.74. The predicted octanol–water partition coefficient (Wildman–Crippen LogP) is 5.05. The number of anilines is 2. The smallest absolute Gasteiger partial charge is 0.308 e. The third kappa shape index (κ3) is 6.01. The van der Waals surface area contributed by atoms with Crippen molar-refractivity contribution in [2.45, 2.75) is 69.6 Å². The molecule has 0 aromatic heterocycles. The minimum absolute atomic E-state index is 0.0245. The van der Waals surface area contributed by atoms with E-state index in [-0.39, 0.29) is 29.4 Å². The third-order valence-electron chi connectivity index (χ3n) is 6.22. The van der Waals surface area contributed by atoms with Crippen molar-refractivity contribution in [3.8, 4) is 0 Å². The molecule has 2 atom stereocenters. The number of esters is 1. The minimum Gasteiger partial charge on any atom is -0.460 e. The van der Waals surface area contributed by atoms with Gasteiger partial charge in [-0.15, -0.1) is 0 Å². The van der Waals surface area contributed by atoms with Gasteiger partial charge in [0, 0.05) is 11.0 Å². The van der Waals surface area contributed by atoms with Crippen LogP contribution in [0.3, 0.4) is 0 Å². The number of hydrogen-bond donors (Lipinski definition) is 0. The lowest BCUT2D eigenvalue weighted by Gasteiger charge is -2.48. The van der Waals surface area contributed by atoms with E-state index in [0.717, 1.165) is 28.7 Å². The van der Waals surface area contributed by atoms with Crippen LogP contribution in [0.15, 0.2) is 51.8 Å². The van der Waals surface area contributed by atoms with E-state index in [1.165, 1.54) is 4.31 Å². The fourth-order valence-corrected chi connectivity index (χ4v) is 6.68. The lowest BCUT2D eigenvalue weighted by molar-refractivity contribution is -0.156. The van der Waals surface area contributed by atoms with Crippen LogP contribution in [-0.2, 0) is 24.3 Å². The lowest BCUT2D eigenvalue weighted by Crippen LogP contribution is -2.55. The molecule has 2 aliphatic heterocycles. The summed E-state index contributed by atoms with van der Waals surface area (Å²) in [5, 5.41) is 0. The zero-order valence-electron chi connectivity index (χ0n) is 20.7. The van der Waals surface area contributed by atoms with Crippen molar-refractivity contribution in [2.75, 3.05) is 28.9 Å². The van der Waals surface area contributed by atoms with Gasteiger partial charge in [0.15, 0.2) is 0 Å². The number of ether oxygens (including phenoxy) is 2. The molecule has 190 valence electrons. The summed E-state index contributed by atoms with van der Waals surface area (Å²) in [5.74, 6) is -0.275. The molecule has 0 amide bonds. The first-order chi connectivity index (χ1) is 16.4. The van der Waals surface area contributed by atoms with Crippen LogP contribution in [0.5, 0.6) is 0 Å². The van der Waals surface area contributed by atoms with Crippen molar-refractivity contribution in [1.29, 1.82) is 0 Å². The van der Waals surface area contributed by atoms with Gasteiger partial charge in [-0.25, -0.2) is 8.42 Å². The fourth-order valence-electron chi connectivity index (χ4n) is 4.72. The molecule has 7 nitrogen and oxygen atoms in total. The van der Waals surface area contributed by atoms with Crippen LogP contribution < -0.4 is 9.21 Å². The normalized spacial score (nSPS) is 20.3. The van der Waals surface area contributed by atoms with Crippen LogP contribution in [-0.4, -0.2) is 51.8 Å².